The second-order valence-electron chi connectivity index (χ2n) is 4.59. The first-order chi connectivity index (χ1) is 9.36. The van der Waals surface area contributed by atoms with Crippen LogP contribution in [-0.4, -0.2) is 23.9 Å². The van der Waals surface area contributed by atoms with Gasteiger partial charge in [0.15, 0.2) is 5.82 Å². The van der Waals surface area contributed by atoms with E-state index in [0.29, 0.717) is 12.1 Å². The Labute approximate surface area is 125 Å². The van der Waals surface area contributed by atoms with Gasteiger partial charge in [-0.25, -0.2) is 4.39 Å². The van der Waals surface area contributed by atoms with Crippen LogP contribution >= 0.6 is 23.2 Å². The molecule has 1 N–H and O–H groups in total. The molecule has 0 saturated carbocycles. The molecule has 2 amide bonds. The highest BCUT2D eigenvalue weighted by molar-refractivity contribution is 6.35. The van der Waals surface area contributed by atoms with Crippen LogP contribution < -0.4 is 10.2 Å². The number of benzene rings is 1. The maximum atomic E-state index is 13.5. The van der Waals surface area contributed by atoms with E-state index in [1.165, 1.54) is 17.0 Å². The maximum Gasteiger partial charge on any atom is 0.250 e. The Morgan fingerprint density at radius 3 is 2.35 bits per heavy atom. The van der Waals surface area contributed by atoms with Crippen LogP contribution in [0.4, 0.5) is 10.1 Å². The van der Waals surface area contributed by atoms with Crippen LogP contribution in [0.5, 0.6) is 0 Å². The van der Waals surface area contributed by atoms with Gasteiger partial charge >= 0.3 is 0 Å². The molecule has 2 atom stereocenters. The van der Waals surface area contributed by atoms with Gasteiger partial charge in [-0.05, 0) is 25.5 Å². The zero-order valence-electron chi connectivity index (χ0n) is 10.9. The summed E-state index contributed by atoms with van der Waals surface area (Å²) in [7, 11) is 0. The number of halogens is 3. The summed E-state index contributed by atoms with van der Waals surface area (Å²) in [5, 5.41) is 2.23. The summed E-state index contributed by atoms with van der Waals surface area (Å²) in [6.07, 6.45) is 0.427. The number of hydrogen-bond donors (Lipinski definition) is 1. The molecule has 2 unspecified atom stereocenters. The molecule has 108 valence electrons. The van der Waals surface area contributed by atoms with Gasteiger partial charge in [-0.2, -0.15) is 0 Å². The van der Waals surface area contributed by atoms with Gasteiger partial charge in [0, 0.05) is 5.69 Å². The fraction of sp³-hybridized carbons (Fsp3) is 0.385. The topological polar surface area (TPSA) is 49.4 Å². The van der Waals surface area contributed by atoms with Crippen LogP contribution in [0.1, 0.15) is 20.3 Å². The van der Waals surface area contributed by atoms with Gasteiger partial charge in [-0.15, -0.1) is 0 Å². The summed E-state index contributed by atoms with van der Waals surface area (Å²) in [5.74, 6) is -1.28. The molecule has 1 aliphatic heterocycles. The van der Waals surface area contributed by atoms with Crippen molar-refractivity contribution < 1.29 is 14.0 Å². The first-order valence-corrected chi connectivity index (χ1v) is 6.90. The molecule has 1 fully saturated rings. The lowest BCUT2D eigenvalue weighted by molar-refractivity contribution is -0.133. The zero-order valence-corrected chi connectivity index (χ0v) is 12.4. The third-order valence-electron chi connectivity index (χ3n) is 3.21. The molecular formula is C13H13Cl2FN2O2. The van der Waals surface area contributed by atoms with Crippen molar-refractivity contribution >= 4 is 40.7 Å². The maximum absolute atomic E-state index is 13.5. The van der Waals surface area contributed by atoms with E-state index in [1.807, 2.05) is 0 Å². The first kappa shape index (κ1) is 15.1. The van der Waals surface area contributed by atoms with Crippen molar-refractivity contribution in [1.82, 2.24) is 5.32 Å². The second kappa shape index (κ2) is 5.58. The average molecular weight is 319 g/mol. The van der Waals surface area contributed by atoms with Crippen molar-refractivity contribution in [3.05, 3.63) is 28.0 Å². The number of carbonyl (C=O) groups is 2. The van der Waals surface area contributed by atoms with Gasteiger partial charge < -0.3 is 5.32 Å². The summed E-state index contributed by atoms with van der Waals surface area (Å²) < 4.78 is 13.5. The molecule has 1 heterocycles. The van der Waals surface area contributed by atoms with Gasteiger partial charge in [0.2, 0.25) is 11.8 Å². The van der Waals surface area contributed by atoms with E-state index in [9.17, 15) is 14.0 Å². The van der Waals surface area contributed by atoms with Crippen LogP contribution in [0.3, 0.4) is 0 Å². The number of carbonyl (C=O) groups excluding carboxylic acids is 2. The molecular weight excluding hydrogens is 306 g/mol. The van der Waals surface area contributed by atoms with E-state index in [0.717, 1.165) is 0 Å². The number of amides is 2. The highest BCUT2D eigenvalue weighted by Crippen LogP contribution is 2.32. The predicted octanol–water partition coefficient (Wildman–Crippen LogP) is 2.76. The predicted molar refractivity (Wildman–Crippen MR) is 75.6 cm³/mol. The fourth-order valence-corrected chi connectivity index (χ4v) is 2.68. The Bertz CT molecular complexity index is 556. The SMILES string of the molecule is CCC1C(=O)NC(C)C(=O)N1c1cc(Cl)c(F)c(Cl)c1. The number of hydrogen-bond acceptors (Lipinski definition) is 2. The van der Waals surface area contributed by atoms with Gasteiger partial charge in [0.05, 0.1) is 10.0 Å². The Morgan fingerprint density at radius 1 is 1.30 bits per heavy atom. The van der Waals surface area contributed by atoms with Crippen molar-refractivity contribution in [3.8, 4) is 0 Å². The second-order valence-corrected chi connectivity index (χ2v) is 5.40. The molecule has 2 rings (SSSR count). The Morgan fingerprint density at radius 2 is 1.85 bits per heavy atom. The van der Waals surface area contributed by atoms with Gasteiger partial charge in [0.25, 0.3) is 0 Å². The Kier molecular flexibility index (Phi) is 4.20. The van der Waals surface area contributed by atoms with E-state index in [1.54, 1.807) is 13.8 Å². The average Bonchev–Trinajstić information content (AvgIpc) is 2.39. The summed E-state index contributed by atoms with van der Waals surface area (Å²) in [6.45, 7) is 3.37. The molecule has 0 spiro atoms. The van der Waals surface area contributed by atoms with Crippen LogP contribution in [0.2, 0.25) is 10.0 Å². The molecule has 0 bridgehead atoms. The molecule has 1 saturated heterocycles. The summed E-state index contributed by atoms with van der Waals surface area (Å²) in [5.41, 5.74) is 0.319. The smallest absolute Gasteiger partial charge is 0.250 e. The molecule has 7 heteroatoms. The van der Waals surface area contributed by atoms with Gasteiger partial charge in [-0.1, -0.05) is 30.1 Å². The third-order valence-corrected chi connectivity index (χ3v) is 3.76. The lowest BCUT2D eigenvalue weighted by atomic mass is 10.0. The fourth-order valence-electron chi connectivity index (χ4n) is 2.21. The molecule has 4 nitrogen and oxygen atoms in total. The highest BCUT2D eigenvalue weighted by Gasteiger charge is 2.38. The molecule has 1 aromatic rings. The molecule has 0 aromatic heterocycles. The number of rotatable bonds is 2. The van der Waals surface area contributed by atoms with Crippen LogP contribution in [0.15, 0.2) is 12.1 Å². The van der Waals surface area contributed by atoms with Crippen molar-refractivity contribution in [1.29, 1.82) is 0 Å². The number of piperazine rings is 1. The van der Waals surface area contributed by atoms with E-state index in [-0.39, 0.29) is 21.9 Å². The third kappa shape index (κ3) is 2.47. The number of anilines is 1. The van der Waals surface area contributed by atoms with Crippen LogP contribution in [-0.2, 0) is 9.59 Å². The lowest BCUT2D eigenvalue weighted by Crippen LogP contribution is -2.62. The minimum Gasteiger partial charge on any atom is -0.343 e. The van der Waals surface area contributed by atoms with Crippen molar-refractivity contribution in [3.63, 3.8) is 0 Å². The molecule has 20 heavy (non-hydrogen) atoms. The molecule has 1 aromatic carbocycles. The molecule has 0 radical (unpaired) electrons. The summed E-state index contributed by atoms with van der Waals surface area (Å²) >= 11 is 11.5. The standard InChI is InChI=1S/C13H13Cl2FN2O2/c1-3-10-12(19)17-6(2)13(20)18(10)7-4-8(14)11(16)9(15)5-7/h4-6,10H,3H2,1-2H3,(H,17,19). The van der Waals surface area contributed by atoms with E-state index in [2.05, 4.69) is 5.32 Å². The van der Waals surface area contributed by atoms with Crippen molar-refractivity contribution in [2.45, 2.75) is 32.4 Å². The highest BCUT2D eigenvalue weighted by atomic mass is 35.5. The van der Waals surface area contributed by atoms with E-state index < -0.39 is 17.9 Å². The summed E-state index contributed by atoms with van der Waals surface area (Å²) in [4.78, 5) is 25.6. The van der Waals surface area contributed by atoms with Gasteiger partial charge in [-0.3, -0.25) is 14.5 Å². The zero-order chi connectivity index (χ0) is 15.0. The normalized spacial score (nSPS) is 22.9. The number of nitrogens with zero attached hydrogens (tertiary/aromatic N) is 1. The minimum atomic E-state index is -0.743. The van der Waals surface area contributed by atoms with Crippen molar-refractivity contribution in [2.24, 2.45) is 0 Å². The van der Waals surface area contributed by atoms with E-state index >= 15 is 0 Å². The molecule has 0 aliphatic carbocycles. The first-order valence-electron chi connectivity index (χ1n) is 6.14. The largest absolute Gasteiger partial charge is 0.343 e. The number of nitrogens with one attached hydrogen (secondary N) is 1. The quantitative estimate of drug-likeness (QED) is 0.852. The van der Waals surface area contributed by atoms with Crippen LogP contribution in [0.25, 0.3) is 0 Å². The van der Waals surface area contributed by atoms with E-state index in [4.69, 9.17) is 23.2 Å². The van der Waals surface area contributed by atoms with Crippen molar-refractivity contribution in [2.75, 3.05) is 4.90 Å². The Balaban J connectivity index is 2.51. The van der Waals surface area contributed by atoms with Gasteiger partial charge in [0.1, 0.15) is 12.1 Å². The molecule has 1 aliphatic rings. The van der Waals surface area contributed by atoms with Crippen LogP contribution in [0, 0.1) is 5.82 Å². The lowest BCUT2D eigenvalue weighted by Gasteiger charge is -2.37. The monoisotopic (exact) mass is 318 g/mol. The summed E-state index contributed by atoms with van der Waals surface area (Å²) in [6, 6.07) is 1.30. The Hall–Kier alpha value is -1.33. The minimum absolute atomic E-state index is 0.186.